The average molecular weight is 258 g/mol. The van der Waals surface area contributed by atoms with Crippen molar-refractivity contribution in [3.63, 3.8) is 0 Å². The van der Waals surface area contributed by atoms with E-state index >= 15 is 0 Å². The van der Waals surface area contributed by atoms with Gasteiger partial charge >= 0.3 is 0 Å². The van der Waals surface area contributed by atoms with Crippen LogP contribution in [0.4, 0.5) is 11.4 Å². The minimum atomic E-state index is 0.656. The first-order valence-electron chi connectivity index (χ1n) is 6.71. The minimum absolute atomic E-state index is 0.656. The Morgan fingerprint density at radius 1 is 1.42 bits per heavy atom. The van der Waals surface area contributed by atoms with E-state index in [0.717, 1.165) is 37.3 Å². The lowest BCUT2D eigenvalue weighted by molar-refractivity contribution is 0.370. The highest BCUT2D eigenvalue weighted by atomic mass is 16.5. The van der Waals surface area contributed by atoms with Gasteiger partial charge in [-0.05, 0) is 30.5 Å². The first-order chi connectivity index (χ1) is 9.28. The first-order valence-corrected chi connectivity index (χ1v) is 6.71. The van der Waals surface area contributed by atoms with Gasteiger partial charge in [0.2, 0.25) is 5.89 Å². The number of hydrogen-bond donors (Lipinski definition) is 1. The fraction of sp³-hybridized carbons (Fsp3) is 0.429. The largest absolute Gasteiger partial charge is 0.398 e. The van der Waals surface area contributed by atoms with Crippen LogP contribution in [0, 0.1) is 0 Å². The lowest BCUT2D eigenvalue weighted by Crippen LogP contribution is -2.29. The van der Waals surface area contributed by atoms with E-state index in [4.69, 9.17) is 10.3 Å². The highest BCUT2D eigenvalue weighted by Gasteiger charge is 2.20. The summed E-state index contributed by atoms with van der Waals surface area (Å²) in [6, 6.07) is 6.07. The Balaban J connectivity index is 1.85. The molecule has 5 heteroatoms. The van der Waals surface area contributed by atoms with Crippen molar-refractivity contribution in [2.24, 2.45) is 0 Å². The van der Waals surface area contributed by atoms with Crippen LogP contribution in [-0.2, 0) is 19.4 Å². The number of nitrogens with two attached hydrogens (primary N) is 1. The second kappa shape index (κ2) is 4.91. The third kappa shape index (κ3) is 2.28. The molecule has 1 aromatic heterocycles. The van der Waals surface area contributed by atoms with E-state index in [1.807, 2.05) is 19.1 Å². The predicted octanol–water partition coefficient (Wildman–Crippen LogP) is 2.17. The molecule has 0 atom stereocenters. The molecule has 2 N–H and O–H groups in total. The summed E-state index contributed by atoms with van der Waals surface area (Å²) in [7, 11) is 0. The van der Waals surface area contributed by atoms with Crippen molar-refractivity contribution in [3.05, 3.63) is 35.5 Å². The molecular formula is C14H18N4O. The molecule has 1 aromatic carbocycles. The Morgan fingerprint density at radius 2 is 2.32 bits per heavy atom. The van der Waals surface area contributed by atoms with Crippen LogP contribution in [-0.4, -0.2) is 16.7 Å². The molecule has 0 amide bonds. The van der Waals surface area contributed by atoms with Gasteiger partial charge < -0.3 is 15.2 Å². The molecule has 2 aromatic rings. The Hall–Kier alpha value is -2.04. The van der Waals surface area contributed by atoms with Gasteiger partial charge in [0.1, 0.15) is 0 Å². The zero-order valence-electron chi connectivity index (χ0n) is 11.1. The lowest BCUT2D eigenvalue weighted by Gasteiger charge is -2.30. The summed E-state index contributed by atoms with van der Waals surface area (Å²) in [4.78, 5) is 6.63. The van der Waals surface area contributed by atoms with Gasteiger partial charge in [0.05, 0.1) is 6.54 Å². The van der Waals surface area contributed by atoms with Crippen LogP contribution in [0.3, 0.4) is 0 Å². The van der Waals surface area contributed by atoms with Crippen LogP contribution in [0.15, 0.2) is 22.7 Å². The quantitative estimate of drug-likeness (QED) is 0.854. The van der Waals surface area contributed by atoms with Gasteiger partial charge in [-0.1, -0.05) is 18.1 Å². The number of aromatic nitrogens is 2. The second-order valence-corrected chi connectivity index (χ2v) is 4.83. The van der Waals surface area contributed by atoms with E-state index in [9.17, 15) is 0 Å². The van der Waals surface area contributed by atoms with Gasteiger partial charge in [-0.25, -0.2) is 0 Å². The fourth-order valence-electron chi connectivity index (χ4n) is 2.55. The van der Waals surface area contributed by atoms with E-state index < -0.39 is 0 Å². The molecule has 0 radical (unpaired) electrons. The number of nitrogens with zero attached hydrogens (tertiary/aromatic N) is 3. The number of benzene rings is 1. The van der Waals surface area contributed by atoms with E-state index in [1.165, 1.54) is 11.3 Å². The second-order valence-electron chi connectivity index (χ2n) is 4.83. The highest BCUT2D eigenvalue weighted by molar-refractivity contribution is 5.66. The minimum Gasteiger partial charge on any atom is -0.398 e. The maximum Gasteiger partial charge on any atom is 0.246 e. The molecule has 5 nitrogen and oxygen atoms in total. The smallest absolute Gasteiger partial charge is 0.246 e. The van der Waals surface area contributed by atoms with Crippen LogP contribution >= 0.6 is 0 Å². The maximum atomic E-state index is 6.04. The van der Waals surface area contributed by atoms with Crippen molar-refractivity contribution in [1.29, 1.82) is 0 Å². The molecule has 0 unspecified atom stereocenters. The lowest BCUT2D eigenvalue weighted by atomic mass is 10.00. The summed E-state index contributed by atoms with van der Waals surface area (Å²) < 4.78 is 5.27. The molecule has 1 aliphatic heterocycles. The van der Waals surface area contributed by atoms with Gasteiger partial charge in [0.15, 0.2) is 5.82 Å². The topological polar surface area (TPSA) is 68.2 Å². The number of anilines is 2. The van der Waals surface area contributed by atoms with Crippen molar-refractivity contribution in [3.8, 4) is 0 Å². The maximum absolute atomic E-state index is 6.04. The molecule has 100 valence electrons. The molecule has 0 aliphatic carbocycles. The van der Waals surface area contributed by atoms with Crippen LogP contribution in [0.5, 0.6) is 0 Å². The average Bonchev–Trinajstić information content (AvgIpc) is 2.88. The Kier molecular flexibility index (Phi) is 3.11. The third-order valence-electron chi connectivity index (χ3n) is 3.54. The van der Waals surface area contributed by atoms with Crippen LogP contribution in [0.2, 0.25) is 0 Å². The van der Waals surface area contributed by atoms with E-state index in [1.54, 1.807) is 0 Å². The summed E-state index contributed by atoms with van der Waals surface area (Å²) >= 11 is 0. The van der Waals surface area contributed by atoms with Gasteiger partial charge in [-0.2, -0.15) is 4.98 Å². The zero-order valence-corrected chi connectivity index (χ0v) is 11.1. The molecule has 3 rings (SSSR count). The molecule has 0 bridgehead atoms. The van der Waals surface area contributed by atoms with Crippen molar-refractivity contribution in [2.75, 3.05) is 17.2 Å². The van der Waals surface area contributed by atoms with E-state index in [-0.39, 0.29) is 0 Å². The summed E-state index contributed by atoms with van der Waals surface area (Å²) in [5.74, 6) is 1.44. The molecule has 19 heavy (non-hydrogen) atoms. The normalized spacial score (nSPS) is 14.5. The first kappa shape index (κ1) is 12.0. The van der Waals surface area contributed by atoms with E-state index in [0.29, 0.717) is 12.4 Å². The monoisotopic (exact) mass is 258 g/mol. The SMILES string of the molecule is CCc1noc(CN2CCCc3c(N)cccc32)n1. The fourth-order valence-corrected chi connectivity index (χ4v) is 2.55. The van der Waals surface area contributed by atoms with Crippen LogP contribution in [0.1, 0.15) is 30.6 Å². The van der Waals surface area contributed by atoms with Crippen molar-refractivity contribution >= 4 is 11.4 Å². The Morgan fingerprint density at radius 3 is 3.11 bits per heavy atom. The molecule has 1 aliphatic rings. The molecule has 2 heterocycles. The molecule has 0 saturated heterocycles. The van der Waals surface area contributed by atoms with Gasteiger partial charge in [0, 0.05) is 24.3 Å². The standard InChI is InChI=1S/C14H18N4O/c1-2-13-16-14(19-17-13)9-18-8-4-5-10-11(15)6-3-7-12(10)18/h3,6-7H,2,4-5,8-9,15H2,1H3. The summed E-state index contributed by atoms with van der Waals surface area (Å²) in [6.45, 7) is 3.68. The number of fused-ring (bicyclic) bond motifs is 1. The van der Waals surface area contributed by atoms with Crippen LogP contribution < -0.4 is 10.6 Å². The number of aryl methyl sites for hydroxylation is 1. The predicted molar refractivity (Wildman–Crippen MR) is 73.9 cm³/mol. The molecule has 0 spiro atoms. The number of hydrogen-bond acceptors (Lipinski definition) is 5. The third-order valence-corrected chi connectivity index (χ3v) is 3.54. The van der Waals surface area contributed by atoms with E-state index in [2.05, 4.69) is 21.1 Å². The molecule has 0 saturated carbocycles. The van der Waals surface area contributed by atoms with Gasteiger partial charge in [-0.15, -0.1) is 0 Å². The summed E-state index contributed by atoms with van der Waals surface area (Å²) in [5.41, 5.74) is 9.36. The Labute approximate surface area is 112 Å². The van der Waals surface area contributed by atoms with Crippen molar-refractivity contribution < 1.29 is 4.52 Å². The number of rotatable bonds is 3. The van der Waals surface area contributed by atoms with Crippen molar-refractivity contribution in [1.82, 2.24) is 10.1 Å². The van der Waals surface area contributed by atoms with Crippen molar-refractivity contribution in [2.45, 2.75) is 32.7 Å². The zero-order chi connectivity index (χ0) is 13.2. The summed E-state index contributed by atoms with van der Waals surface area (Å²) in [6.07, 6.45) is 2.95. The Bertz CT molecular complexity index is 579. The summed E-state index contributed by atoms with van der Waals surface area (Å²) in [5, 5.41) is 3.94. The van der Waals surface area contributed by atoms with Gasteiger partial charge in [-0.3, -0.25) is 0 Å². The molecule has 0 fully saturated rings. The number of nitrogen functional groups attached to an aromatic ring is 1. The molecular weight excluding hydrogens is 240 g/mol. The van der Waals surface area contributed by atoms with Crippen LogP contribution in [0.25, 0.3) is 0 Å². The highest BCUT2D eigenvalue weighted by Crippen LogP contribution is 2.31. The van der Waals surface area contributed by atoms with Gasteiger partial charge in [0.25, 0.3) is 0 Å².